The number of benzene rings is 2. The second-order valence-electron chi connectivity index (χ2n) is 9.39. The van der Waals surface area contributed by atoms with Crippen LogP contribution in [0.3, 0.4) is 0 Å². The maximum atomic E-state index is 14.2. The van der Waals surface area contributed by atoms with Gasteiger partial charge in [0, 0.05) is 56.0 Å². The Labute approximate surface area is 234 Å². The van der Waals surface area contributed by atoms with Crippen LogP contribution in [-0.2, 0) is 17.4 Å². The summed E-state index contributed by atoms with van der Waals surface area (Å²) in [5.74, 6) is 0.733. The number of anilines is 2. The van der Waals surface area contributed by atoms with E-state index >= 15 is 0 Å². The van der Waals surface area contributed by atoms with Crippen LogP contribution in [-0.4, -0.2) is 68.3 Å². The topological polar surface area (TPSA) is 118 Å². The monoisotopic (exact) mass is 575 g/mol. The number of methoxy groups -OCH3 is 2. The number of β-amino-alcohol motifs (C(OH)–C–C–N with tert-alkyl or cyclic N) is 1. The molecule has 3 aromatic rings. The molecule has 1 aliphatic rings. The quantitative estimate of drug-likeness (QED) is 0.299. The molecule has 220 valence electrons. The summed E-state index contributed by atoms with van der Waals surface area (Å²) in [4.78, 5) is 27.0. The van der Waals surface area contributed by atoms with Gasteiger partial charge in [0.25, 0.3) is 5.56 Å². The molecular weight excluding hydrogens is 543 g/mol. The number of hydrogen-bond acceptors (Lipinski definition) is 8. The minimum atomic E-state index is -4.78. The zero-order chi connectivity index (χ0) is 29.7. The molecule has 2 heterocycles. The Morgan fingerprint density at radius 3 is 2.44 bits per heavy atom. The minimum absolute atomic E-state index is 0.131. The van der Waals surface area contributed by atoms with Crippen LogP contribution >= 0.6 is 0 Å². The Hall–Kier alpha value is -4.26. The third-order valence-electron chi connectivity index (χ3n) is 6.83. The van der Waals surface area contributed by atoms with E-state index in [0.717, 1.165) is 10.7 Å². The highest BCUT2D eigenvalue weighted by molar-refractivity contribution is 5.76. The molecule has 0 saturated carbocycles. The van der Waals surface area contributed by atoms with Crippen molar-refractivity contribution in [3.63, 3.8) is 0 Å². The summed E-state index contributed by atoms with van der Waals surface area (Å²) in [6.07, 6.45) is -3.68. The van der Waals surface area contributed by atoms with Crippen LogP contribution in [0.2, 0.25) is 0 Å². The molecule has 0 radical (unpaired) electrons. The predicted octanol–water partition coefficient (Wildman–Crippen LogP) is 3.23. The Morgan fingerprint density at radius 1 is 1.12 bits per heavy atom. The fourth-order valence-corrected chi connectivity index (χ4v) is 4.82. The molecule has 0 spiro atoms. The van der Waals surface area contributed by atoms with Gasteiger partial charge in [0.1, 0.15) is 17.2 Å². The molecule has 1 amide bonds. The molecule has 1 aromatic heterocycles. The van der Waals surface area contributed by atoms with Crippen LogP contribution in [0.25, 0.3) is 16.9 Å². The lowest BCUT2D eigenvalue weighted by Crippen LogP contribution is -2.33. The molecule has 0 bridgehead atoms. The van der Waals surface area contributed by atoms with Crippen LogP contribution in [0.15, 0.2) is 41.2 Å². The molecular formula is C28H32F3N5O5. The Kier molecular flexibility index (Phi) is 9.06. The lowest BCUT2D eigenvalue weighted by molar-refractivity contribution is -0.137. The molecule has 2 aromatic carbocycles. The molecule has 4 rings (SSSR count). The minimum Gasteiger partial charge on any atom is -0.497 e. The first-order chi connectivity index (χ1) is 19.6. The third kappa shape index (κ3) is 6.40. The van der Waals surface area contributed by atoms with Gasteiger partial charge in [-0.05, 0) is 43.2 Å². The molecule has 1 aliphatic heterocycles. The summed E-state index contributed by atoms with van der Waals surface area (Å²) < 4.78 is 54.3. The first-order valence-corrected chi connectivity index (χ1v) is 13.0. The van der Waals surface area contributed by atoms with E-state index in [1.165, 1.54) is 33.4 Å². The van der Waals surface area contributed by atoms with Crippen molar-refractivity contribution >= 4 is 17.3 Å². The summed E-state index contributed by atoms with van der Waals surface area (Å²) in [6, 6.07) is 8.39. The van der Waals surface area contributed by atoms with E-state index in [-0.39, 0.29) is 31.2 Å². The van der Waals surface area contributed by atoms with Crippen molar-refractivity contribution in [3.8, 4) is 28.4 Å². The second-order valence-corrected chi connectivity index (χ2v) is 9.39. The van der Waals surface area contributed by atoms with E-state index < -0.39 is 23.0 Å². The Bertz CT molecular complexity index is 1450. The Balaban J connectivity index is 1.91. The van der Waals surface area contributed by atoms with E-state index in [4.69, 9.17) is 9.47 Å². The first kappa shape index (κ1) is 29.7. The molecule has 0 fully saturated rings. The Morgan fingerprint density at radius 2 is 1.83 bits per heavy atom. The number of hydrogen-bond donors (Lipinski definition) is 3. The van der Waals surface area contributed by atoms with Gasteiger partial charge in [0.2, 0.25) is 5.91 Å². The number of rotatable bonds is 11. The van der Waals surface area contributed by atoms with Gasteiger partial charge in [-0.1, -0.05) is 0 Å². The van der Waals surface area contributed by atoms with Gasteiger partial charge in [0.05, 0.1) is 37.8 Å². The maximum absolute atomic E-state index is 14.2. The fraction of sp³-hybridized carbons (Fsp3) is 0.393. The molecule has 0 unspecified atom stereocenters. The standard InChI is InChI=1S/C28H32F3N5O5/c1-32-24(38)5-4-9-33-18-6-7-22(28(29,30)31)23(15-18)36-27(39)26-21(8-10-35(26)11-12-37)25(34-36)17-13-19(40-2)16-20(14-17)41-3/h6-7,13-16,33,37H,4-5,8-12H2,1-3H3,(H,32,38). The number of carbonyl (C=O) groups is 1. The number of ether oxygens (including phenoxy) is 2. The van der Waals surface area contributed by atoms with E-state index in [1.807, 2.05) is 0 Å². The fourth-order valence-electron chi connectivity index (χ4n) is 4.82. The number of nitrogens with one attached hydrogen (secondary N) is 2. The van der Waals surface area contributed by atoms with Crippen molar-refractivity contribution in [2.45, 2.75) is 25.4 Å². The largest absolute Gasteiger partial charge is 0.497 e. The summed E-state index contributed by atoms with van der Waals surface area (Å²) in [5, 5.41) is 19.7. The smallest absolute Gasteiger partial charge is 0.418 e. The zero-order valence-electron chi connectivity index (χ0n) is 23.0. The molecule has 13 heteroatoms. The number of aliphatic hydroxyl groups is 1. The second kappa shape index (κ2) is 12.5. The number of amides is 1. The highest BCUT2D eigenvalue weighted by Crippen LogP contribution is 2.38. The highest BCUT2D eigenvalue weighted by Gasteiger charge is 2.36. The van der Waals surface area contributed by atoms with Gasteiger partial charge in [-0.2, -0.15) is 23.0 Å². The average Bonchev–Trinajstić information content (AvgIpc) is 3.38. The number of fused-ring (bicyclic) bond motifs is 1. The predicted molar refractivity (Wildman–Crippen MR) is 148 cm³/mol. The highest BCUT2D eigenvalue weighted by atomic mass is 19.4. The van der Waals surface area contributed by atoms with Crippen molar-refractivity contribution in [2.24, 2.45) is 0 Å². The summed E-state index contributed by atoms with van der Waals surface area (Å²) in [5.41, 5.74) is -0.349. The lowest BCUT2D eigenvalue weighted by Gasteiger charge is -2.21. The number of halogens is 3. The van der Waals surface area contributed by atoms with Gasteiger partial charge in [-0.15, -0.1) is 0 Å². The van der Waals surface area contributed by atoms with E-state index in [9.17, 15) is 27.9 Å². The number of alkyl halides is 3. The van der Waals surface area contributed by atoms with Crippen LogP contribution in [0.5, 0.6) is 11.5 Å². The van der Waals surface area contributed by atoms with E-state index in [2.05, 4.69) is 15.7 Å². The summed E-state index contributed by atoms with van der Waals surface area (Å²) in [7, 11) is 4.48. The van der Waals surface area contributed by atoms with Gasteiger partial charge in [0.15, 0.2) is 0 Å². The van der Waals surface area contributed by atoms with Gasteiger partial charge >= 0.3 is 6.18 Å². The van der Waals surface area contributed by atoms with Crippen molar-refractivity contribution < 1.29 is 32.5 Å². The third-order valence-corrected chi connectivity index (χ3v) is 6.83. The average molecular weight is 576 g/mol. The molecule has 0 atom stereocenters. The molecule has 0 saturated heterocycles. The van der Waals surface area contributed by atoms with Crippen LogP contribution in [0.1, 0.15) is 24.0 Å². The van der Waals surface area contributed by atoms with E-state index in [1.54, 1.807) is 23.1 Å². The normalized spacial score (nSPS) is 12.7. The zero-order valence-corrected chi connectivity index (χ0v) is 23.0. The lowest BCUT2D eigenvalue weighted by atomic mass is 10.0. The van der Waals surface area contributed by atoms with Crippen molar-refractivity contribution in [2.75, 3.05) is 57.7 Å². The molecule has 3 N–H and O–H groups in total. The molecule has 41 heavy (non-hydrogen) atoms. The first-order valence-electron chi connectivity index (χ1n) is 13.0. The maximum Gasteiger partial charge on any atom is 0.418 e. The van der Waals surface area contributed by atoms with Crippen LogP contribution < -0.4 is 30.6 Å². The number of aliphatic hydroxyl groups excluding tert-OH is 1. The molecule has 10 nitrogen and oxygen atoms in total. The summed E-state index contributed by atoms with van der Waals surface area (Å²) in [6.45, 7) is 0.604. The van der Waals surface area contributed by atoms with Crippen LogP contribution in [0.4, 0.5) is 24.5 Å². The van der Waals surface area contributed by atoms with Crippen LogP contribution in [0, 0.1) is 0 Å². The van der Waals surface area contributed by atoms with Crippen molar-refractivity contribution in [1.82, 2.24) is 15.1 Å². The SMILES string of the molecule is CNC(=O)CCCNc1ccc(C(F)(F)F)c(-n2nc(-c3cc(OC)cc(OC)c3)c3c(c2=O)N(CCO)CC3)c1. The van der Waals surface area contributed by atoms with Gasteiger partial charge in [-0.3, -0.25) is 9.59 Å². The van der Waals surface area contributed by atoms with Crippen molar-refractivity contribution in [1.29, 1.82) is 0 Å². The summed E-state index contributed by atoms with van der Waals surface area (Å²) >= 11 is 0. The van der Waals surface area contributed by atoms with E-state index in [0.29, 0.717) is 59.9 Å². The number of nitrogens with zero attached hydrogens (tertiary/aromatic N) is 3. The van der Waals surface area contributed by atoms with Gasteiger partial charge < -0.3 is 30.1 Å². The molecule has 0 aliphatic carbocycles. The van der Waals surface area contributed by atoms with Crippen molar-refractivity contribution in [3.05, 3.63) is 57.9 Å². The number of aromatic nitrogens is 2. The van der Waals surface area contributed by atoms with Gasteiger partial charge in [-0.25, -0.2) is 0 Å². The number of carbonyl (C=O) groups excluding carboxylic acids is 1.